The van der Waals surface area contributed by atoms with Crippen LogP contribution in [0.2, 0.25) is 0 Å². The molecule has 2 fully saturated rings. The molecule has 0 spiro atoms. The molecular formula is C13H23NO3. The van der Waals surface area contributed by atoms with Crippen molar-refractivity contribution in [1.29, 1.82) is 0 Å². The van der Waals surface area contributed by atoms with Crippen molar-refractivity contribution in [2.75, 3.05) is 19.8 Å². The van der Waals surface area contributed by atoms with Crippen LogP contribution in [0.1, 0.15) is 38.5 Å². The van der Waals surface area contributed by atoms with Gasteiger partial charge < -0.3 is 15.2 Å². The van der Waals surface area contributed by atoms with Gasteiger partial charge in [0.1, 0.15) is 0 Å². The zero-order valence-corrected chi connectivity index (χ0v) is 10.4. The van der Waals surface area contributed by atoms with Gasteiger partial charge in [-0.2, -0.15) is 0 Å². The molecule has 4 nitrogen and oxygen atoms in total. The molecule has 17 heavy (non-hydrogen) atoms. The standard InChI is InChI=1S/C13H23NO3/c15-13(16)11-3-1-10(2-4-11)9-14-12-5-7-17-8-6-12/h10-12,14H,1-9H2,(H,15,16). The molecule has 1 aliphatic carbocycles. The lowest BCUT2D eigenvalue weighted by atomic mass is 9.82. The molecule has 98 valence electrons. The largest absolute Gasteiger partial charge is 0.481 e. The molecule has 4 heteroatoms. The van der Waals surface area contributed by atoms with Gasteiger partial charge >= 0.3 is 5.97 Å². The van der Waals surface area contributed by atoms with Crippen LogP contribution in [0.5, 0.6) is 0 Å². The highest BCUT2D eigenvalue weighted by Crippen LogP contribution is 2.28. The fourth-order valence-corrected chi connectivity index (χ4v) is 2.85. The third-order valence-electron chi connectivity index (χ3n) is 4.11. The van der Waals surface area contributed by atoms with E-state index in [1.165, 1.54) is 0 Å². The molecule has 0 radical (unpaired) electrons. The molecular weight excluding hydrogens is 218 g/mol. The van der Waals surface area contributed by atoms with E-state index in [2.05, 4.69) is 5.32 Å². The Balaban J connectivity index is 1.62. The van der Waals surface area contributed by atoms with Gasteiger partial charge in [0, 0.05) is 19.3 Å². The fraction of sp³-hybridized carbons (Fsp3) is 0.923. The monoisotopic (exact) mass is 241 g/mol. The van der Waals surface area contributed by atoms with Gasteiger partial charge in [-0.1, -0.05) is 0 Å². The predicted octanol–water partition coefficient (Wildman–Crippen LogP) is 1.65. The summed E-state index contributed by atoms with van der Waals surface area (Å²) >= 11 is 0. The highest BCUT2D eigenvalue weighted by Gasteiger charge is 2.26. The Morgan fingerprint density at radius 2 is 1.76 bits per heavy atom. The summed E-state index contributed by atoms with van der Waals surface area (Å²) in [5.74, 6) is -0.0244. The smallest absolute Gasteiger partial charge is 0.306 e. The van der Waals surface area contributed by atoms with Crippen molar-refractivity contribution in [3.05, 3.63) is 0 Å². The average Bonchev–Trinajstić information content (AvgIpc) is 2.38. The summed E-state index contributed by atoms with van der Waals surface area (Å²) in [6, 6.07) is 0.612. The predicted molar refractivity (Wildman–Crippen MR) is 64.9 cm³/mol. The van der Waals surface area contributed by atoms with Crippen LogP contribution in [0.15, 0.2) is 0 Å². The Labute approximate surface area is 103 Å². The van der Waals surface area contributed by atoms with E-state index in [9.17, 15) is 4.79 Å². The van der Waals surface area contributed by atoms with Crippen LogP contribution < -0.4 is 5.32 Å². The second-order valence-corrected chi connectivity index (χ2v) is 5.35. The third-order valence-corrected chi connectivity index (χ3v) is 4.11. The van der Waals surface area contributed by atoms with Crippen LogP contribution in [0.25, 0.3) is 0 Å². The number of hydrogen-bond acceptors (Lipinski definition) is 3. The quantitative estimate of drug-likeness (QED) is 0.785. The number of hydrogen-bond donors (Lipinski definition) is 2. The van der Waals surface area contributed by atoms with E-state index in [-0.39, 0.29) is 5.92 Å². The first-order chi connectivity index (χ1) is 8.25. The normalized spacial score (nSPS) is 31.3. The van der Waals surface area contributed by atoms with Crippen LogP contribution in [0.3, 0.4) is 0 Å². The SMILES string of the molecule is O=C(O)C1CCC(CNC2CCOCC2)CC1. The van der Waals surface area contributed by atoms with Crippen molar-refractivity contribution < 1.29 is 14.6 Å². The molecule has 0 bridgehead atoms. The summed E-state index contributed by atoms with van der Waals surface area (Å²) in [7, 11) is 0. The molecule has 1 heterocycles. The van der Waals surface area contributed by atoms with Crippen molar-refractivity contribution >= 4 is 5.97 Å². The number of ether oxygens (including phenoxy) is 1. The number of aliphatic carboxylic acids is 1. The molecule has 2 rings (SSSR count). The van der Waals surface area contributed by atoms with Gasteiger partial charge in [0.2, 0.25) is 0 Å². The minimum atomic E-state index is -0.610. The number of carboxylic acid groups (broad SMARTS) is 1. The lowest BCUT2D eigenvalue weighted by Gasteiger charge is -2.29. The van der Waals surface area contributed by atoms with Crippen molar-refractivity contribution in [1.82, 2.24) is 5.32 Å². The van der Waals surface area contributed by atoms with E-state index in [1.54, 1.807) is 0 Å². The highest BCUT2D eigenvalue weighted by molar-refractivity contribution is 5.69. The van der Waals surface area contributed by atoms with Gasteiger partial charge in [0.15, 0.2) is 0 Å². The van der Waals surface area contributed by atoms with E-state index >= 15 is 0 Å². The summed E-state index contributed by atoms with van der Waals surface area (Å²) in [6.07, 6.45) is 6.07. The van der Waals surface area contributed by atoms with E-state index in [1.807, 2.05) is 0 Å². The number of carboxylic acids is 1. The minimum Gasteiger partial charge on any atom is -0.481 e. The van der Waals surface area contributed by atoms with E-state index in [0.717, 1.165) is 58.3 Å². The second-order valence-electron chi connectivity index (χ2n) is 5.35. The van der Waals surface area contributed by atoms with Crippen molar-refractivity contribution in [2.24, 2.45) is 11.8 Å². The van der Waals surface area contributed by atoms with Crippen molar-refractivity contribution in [3.8, 4) is 0 Å². The first kappa shape index (κ1) is 12.8. The van der Waals surface area contributed by atoms with E-state index in [4.69, 9.17) is 9.84 Å². The van der Waals surface area contributed by atoms with E-state index in [0.29, 0.717) is 12.0 Å². The summed E-state index contributed by atoms with van der Waals surface area (Å²) in [5.41, 5.74) is 0. The summed E-state index contributed by atoms with van der Waals surface area (Å²) in [4.78, 5) is 10.8. The van der Waals surface area contributed by atoms with Crippen molar-refractivity contribution in [3.63, 3.8) is 0 Å². The fourth-order valence-electron chi connectivity index (χ4n) is 2.85. The van der Waals surface area contributed by atoms with Crippen LogP contribution >= 0.6 is 0 Å². The van der Waals surface area contributed by atoms with Gasteiger partial charge in [0.25, 0.3) is 0 Å². The Morgan fingerprint density at radius 1 is 1.12 bits per heavy atom. The molecule has 0 unspecified atom stereocenters. The molecule has 0 aromatic carbocycles. The van der Waals surface area contributed by atoms with Gasteiger partial charge in [-0.25, -0.2) is 0 Å². The van der Waals surface area contributed by atoms with Gasteiger partial charge in [0.05, 0.1) is 5.92 Å². The Bertz CT molecular complexity index is 243. The Morgan fingerprint density at radius 3 is 2.35 bits per heavy atom. The van der Waals surface area contributed by atoms with Crippen molar-refractivity contribution in [2.45, 2.75) is 44.6 Å². The minimum absolute atomic E-state index is 0.0886. The average molecular weight is 241 g/mol. The first-order valence-corrected chi connectivity index (χ1v) is 6.79. The molecule has 1 aliphatic heterocycles. The summed E-state index contributed by atoms with van der Waals surface area (Å²) in [6.45, 7) is 2.81. The van der Waals surface area contributed by atoms with Gasteiger partial charge in [-0.15, -0.1) is 0 Å². The highest BCUT2D eigenvalue weighted by atomic mass is 16.5. The number of nitrogens with one attached hydrogen (secondary N) is 1. The maximum atomic E-state index is 10.8. The first-order valence-electron chi connectivity index (χ1n) is 6.79. The van der Waals surface area contributed by atoms with Gasteiger partial charge in [-0.3, -0.25) is 4.79 Å². The topological polar surface area (TPSA) is 58.6 Å². The molecule has 1 saturated carbocycles. The number of carbonyl (C=O) groups is 1. The third kappa shape index (κ3) is 3.96. The zero-order chi connectivity index (χ0) is 12.1. The van der Waals surface area contributed by atoms with Crippen LogP contribution in [-0.4, -0.2) is 36.9 Å². The summed E-state index contributed by atoms with van der Waals surface area (Å²) < 4.78 is 5.33. The lowest BCUT2D eigenvalue weighted by molar-refractivity contribution is -0.143. The van der Waals surface area contributed by atoms with Gasteiger partial charge in [-0.05, 0) is 51.0 Å². The van der Waals surface area contributed by atoms with Crippen LogP contribution in [0, 0.1) is 11.8 Å². The zero-order valence-electron chi connectivity index (χ0n) is 10.4. The molecule has 0 aromatic rings. The Hall–Kier alpha value is -0.610. The molecule has 0 amide bonds. The molecule has 2 aliphatic rings. The molecule has 0 atom stereocenters. The second kappa shape index (κ2) is 6.36. The lowest BCUT2D eigenvalue weighted by Crippen LogP contribution is -2.38. The van der Waals surface area contributed by atoms with E-state index < -0.39 is 5.97 Å². The molecule has 2 N–H and O–H groups in total. The summed E-state index contributed by atoms with van der Waals surface area (Å²) in [5, 5.41) is 12.5. The molecule has 1 saturated heterocycles. The number of rotatable bonds is 4. The Kier molecular flexibility index (Phi) is 4.80. The maximum absolute atomic E-state index is 10.8. The maximum Gasteiger partial charge on any atom is 0.306 e. The molecule has 0 aromatic heterocycles. The van der Waals surface area contributed by atoms with Crippen LogP contribution in [-0.2, 0) is 9.53 Å². The van der Waals surface area contributed by atoms with Crippen LogP contribution in [0.4, 0.5) is 0 Å².